The van der Waals surface area contributed by atoms with Gasteiger partial charge in [0.2, 0.25) is 5.91 Å². The van der Waals surface area contributed by atoms with Crippen molar-refractivity contribution in [2.45, 2.75) is 30.6 Å². The second-order valence-corrected chi connectivity index (χ2v) is 9.39. The number of aryl methyl sites for hydroxylation is 2. The van der Waals surface area contributed by atoms with E-state index in [0.29, 0.717) is 27.9 Å². The van der Waals surface area contributed by atoms with Crippen molar-refractivity contribution in [2.24, 2.45) is 0 Å². The van der Waals surface area contributed by atoms with Gasteiger partial charge in [-0.05, 0) is 60.7 Å². The molecule has 6 heteroatoms. The van der Waals surface area contributed by atoms with Gasteiger partial charge in [0, 0.05) is 33.2 Å². The molecule has 0 bridgehead atoms. The topological polar surface area (TPSA) is 66.5 Å². The Morgan fingerprint density at radius 3 is 2.12 bits per heavy atom. The molecule has 0 aromatic heterocycles. The van der Waals surface area contributed by atoms with Gasteiger partial charge in [0.05, 0.1) is 11.4 Å². The van der Waals surface area contributed by atoms with Gasteiger partial charge in [-0.25, -0.2) is 4.90 Å². The summed E-state index contributed by atoms with van der Waals surface area (Å²) in [5.41, 5.74) is 4.12. The normalized spacial score (nSPS) is 12.9. The maximum atomic E-state index is 13.6. The number of nitrogens with one attached hydrogen (secondary N) is 1. The number of nitrogens with zero attached hydrogens (tertiary/aromatic N) is 1. The predicted molar refractivity (Wildman–Crippen MR) is 136 cm³/mol. The van der Waals surface area contributed by atoms with Crippen LogP contribution in [0.2, 0.25) is 0 Å². The van der Waals surface area contributed by atoms with Crippen molar-refractivity contribution in [2.75, 3.05) is 10.2 Å². The van der Waals surface area contributed by atoms with Crippen LogP contribution in [-0.4, -0.2) is 17.7 Å². The SMILES string of the molecule is CC(=O)Nc1ccccc1Sc1ccc2c3c(cccc13)C(=O)N(c1c(C)cccc1C)C2=O. The molecular weight excluding hydrogens is 444 g/mol. The molecule has 0 unspecified atom stereocenters. The molecule has 4 aromatic rings. The third-order valence-corrected chi connectivity index (χ3v) is 7.10. The van der Waals surface area contributed by atoms with Crippen molar-refractivity contribution in [1.29, 1.82) is 0 Å². The number of rotatable bonds is 4. The molecular formula is C28H22N2O3S. The van der Waals surface area contributed by atoms with E-state index in [2.05, 4.69) is 5.32 Å². The van der Waals surface area contributed by atoms with E-state index >= 15 is 0 Å². The largest absolute Gasteiger partial charge is 0.325 e. The first-order chi connectivity index (χ1) is 16.4. The Bertz CT molecular complexity index is 1470. The molecule has 4 aromatic carbocycles. The molecule has 3 amide bonds. The third-order valence-electron chi connectivity index (χ3n) is 5.95. The van der Waals surface area contributed by atoms with Gasteiger partial charge in [0.1, 0.15) is 0 Å². The minimum atomic E-state index is -0.318. The highest BCUT2D eigenvalue weighted by Gasteiger charge is 2.35. The van der Waals surface area contributed by atoms with Crippen LogP contribution in [0, 0.1) is 13.8 Å². The molecule has 1 N–H and O–H groups in total. The molecule has 5 nitrogen and oxygen atoms in total. The maximum Gasteiger partial charge on any atom is 0.266 e. The van der Waals surface area contributed by atoms with Crippen molar-refractivity contribution in [1.82, 2.24) is 0 Å². The fourth-order valence-electron chi connectivity index (χ4n) is 4.49. The van der Waals surface area contributed by atoms with Crippen LogP contribution < -0.4 is 10.2 Å². The van der Waals surface area contributed by atoms with Crippen molar-refractivity contribution >= 4 is 51.6 Å². The van der Waals surface area contributed by atoms with Gasteiger partial charge in [-0.2, -0.15) is 0 Å². The van der Waals surface area contributed by atoms with Crippen LogP contribution in [0.15, 0.2) is 82.6 Å². The molecule has 0 atom stereocenters. The van der Waals surface area contributed by atoms with Gasteiger partial charge in [0.15, 0.2) is 0 Å². The Morgan fingerprint density at radius 2 is 1.41 bits per heavy atom. The van der Waals surface area contributed by atoms with Gasteiger partial charge in [-0.1, -0.05) is 54.2 Å². The first-order valence-corrected chi connectivity index (χ1v) is 11.7. The zero-order valence-electron chi connectivity index (χ0n) is 19.0. The molecule has 5 rings (SSSR count). The minimum Gasteiger partial charge on any atom is -0.325 e. The highest BCUT2D eigenvalue weighted by atomic mass is 32.2. The van der Waals surface area contributed by atoms with Crippen LogP contribution >= 0.6 is 11.8 Å². The van der Waals surface area contributed by atoms with Gasteiger partial charge in [0.25, 0.3) is 11.8 Å². The summed E-state index contributed by atoms with van der Waals surface area (Å²) in [5, 5.41) is 4.36. The molecule has 1 aliphatic rings. The molecule has 0 radical (unpaired) electrons. The molecule has 34 heavy (non-hydrogen) atoms. The van der Waals surface area contributed by atoms with E-state index in [9.17, 15) is 14.4 Å². The van der Waals surface area contributed by atoms with Crippen molar-refractivity contribution in [3.8, 4) is 0 Å². The zero-order chi connectivity index (χ0) is 24.0. The smallest absolute Gasteiger partial charge is 0.266 e. The van der Waals surface area contributed by atoms with E-state index in [1.54, 1.807) is 12.1 Å². The lowest BCUT2D eigenvalue weighted by Crippen LogP contribution is -2.41. The number of amides is 3. The van der Waals surface area contributed by atoms with E-state index in [-0.39, 0.29) is 17.7 Å². The highest BCUT2D eigenvalue weighted by molar-refractivity contribution is 7.99. The molecule has 0 aliphatic carbocycles. The lowest BCUT2D eigenvalue weighted by molar-refractivity contribution is -0.114. The van der Waals surface area contributed by atoms with E-state index < -0.39 is 0 Å². The van der Waals surface area contributed by atoms with Crippen LogP contribution in [0.4, 0.5) is 11.4 Å². The second kappa shape index (κ2) is 8.47. The zero-order valence-corrected chi connectivity index (χ0v) is 19.8. The first kappa shape index (κ1) is 21.9. The molecule has 0 saturated heterocycles. The van der Waals surface area contributed by atoms with E-state index in [4.69, 9.17) is 0 Å². The Morgan fingerprint density at radius 1 is 0.765 bits per heavy atom. The lowest BCUT2D eigenvalue weighted by atomic mass is 9.93. The molecule has 1 aliphatic heterocycles. The Kier molecular flexibility index (Phi) is 5.46. The fraction of sp³-hybridized carbons (Fsp3) is 0.107. The van der Waals surface area contributed by atoms with Crippen LogP contribution in [0.1, 0.15) is 38.8 Å². The van der Waals surface area contributed by atoms with Gasteiger partial charge in [-0.15, -0.1) is 0 Å². The number of anilines is 2. The highest BCUT2D eigenvalue weighted by Crippen LogP contribution is 2.42. The summed E-state index contributed by atoms with van der Waals surface area (Å²) in [6.07, 6.45) is 0. The summed E-state index contributed by atoms with van der Waals surface area (Å²) in [6, 6.07) is 22.6. The number of hydrogen-bond donors (Lipinski definition) is 1. The first-order valence-electron chi connectivity index (χ1n) is 10.9. The third kappa shape index (κ3) is 3.56. The Hall–Kier alpha value is -3.90. The average molecular weight is 467 g/mol. The summed E-state index contributed by atoms with van der Waals surface area (Å²) in [4.78, 5) is 41.9. The summed E-state index contributed by atoms with van der Waals surface area (Å²) in [6.45, 7) is 5.29. The van der Waals surface area contributed by atoms with E-state index in [0.717, 1.165) is 26.3 Å². The summed E-state index contributed by atoms with van der Waals surface area (Å²) in [5.74, 6) is -0.782. The minimum absolute atomic E-state index is 0.146. The maximum absolute atomic E-state index is 13.6. The van der Waals surface area contributed by atoms with Crippen molar-refractivity contribution < 1.29 is 14.4 Å². The molecule has 0 spiro atoms. The fourth-order valence-corrected chi connectivity index (χ4v) is 5.52. The Balaban J connectivity index is 1.64. The molecule has 1 heterocycles. The number of hydrogen-bond acceptors (Lipinski definition) is 4. The van der Waals surface area contributed by atoms with Crippen molar-refractivity contribution in [3.05, 3.63) is 95.1 Å². The predicted octanol–water partition coefficient (Wildman–Crippen LogP) is 6.37. The molecule has 0 fully saturated rings. The number of benzene rings is 4. The Labute approximate surface area is 201 Å². The monoisotopic (exact) mass is 466 g/mol. The average Bonchev–Trinajstić information content (AvgIpc) is 2.81. The summed E-state index contributed by atoms with van der Waals surface area (Å²) < 4.78 is 0. The van der Waals surface area contributed by atoms with Gasteiger partial charge in [-0.3, -0.25) is 14.4 Å². The number of para-hydroxylation sites is 2. The standard InChI is InChI=1S/C28H22N2O3S/c1-16-8-6-9-17(2)26(16)30-27(32)20-11-7-10-19-23(15-14-21(25(19)20)28(30)33)34-24-13-5-4-12-22(24)29-18(3)31/h4-15H,1-3H3,(H,29,31). The summed E-state index contributed by atoms with van der Waals surface area (Å²) >= 11 is 1.49. The molecule has 168 valence electrons. The van der Waals surface area contributed by atoms with Gasteiger partial charge >= 0.3 is 0 Å². The quantitative estimate of drug-likeness (QED) is 0.355. The van der Waals surface area contributed by atoms with Crippen LogP contribution in [0.3, 0.4) is 0 Å². The number of carbonyl (C=O) groups is 3. The number of carbonyl (C=O) groups excluding carboxylic acids is 3. The van der Waals surface area contributed by atoms with Gasteiger partial charge < -0.3 is 5.32 Å². The summed E-state index contributed by atoms with van der Waals surface area (Å²) in [7, 11) is 0. The second-order valence-electron chi connectivity index (χ2n) is 8.30. The van der Waals surface area contributed by atoms with E-state index in [1.807, 2.05) is 74.5 Å². The lowest BCUT2D eigenvalue weighted by Gasteiger charge is -2.30. The van der Waals surface area contributed by atoms with Crippen molar-refractivity contribution in [3.63, 3.8) is 0 Å². The van der Waals surface area contributed by atoms with Crippen LogP contribution in [0.25, 0.3) is 10.8 Å². The molecule has 0 saturated carbocycles. The number of imide groups is 1. The van der Waals surface area contributed by atoms with Crippen LogP contribution in [0.5, 0.6) is 0 Å². The van der Waals surface area contributed by atoms with E-state index in [1.165, 1.54) is 23.6 Å². The van der Waals surface area contributed by atoms with Crippen LogP contribution in [-0.2, 0) is 4.79 Å².